The van der Waals surface area contributed by atoms with Gasteiger partial charge in [-0.25, -0.2) is 0 Å². The summed E-state index contributed by atoms with van der Waals surface area (Å²) in [6.07, 6.45) is 1.69. The molecule has 0 aromatic rings. The Labute approximate surface area is 101 Å². The number of nitrogens with one attached hydrogen (secondary N) is 1. The van der Waals surface area contributed by atoms with Crippen LogP contribution in [0.2, 0.25) is 0 Å². The molecular formula is C13H17NO3. The quantitative estimate of drug-likeness (QED) is 0.580. The first-order valence-electron chi connectivity index (χ1n) is 5.69. The lowest BCUT2D eigenvalue weighted by atomic mass is 9.89. The number of carbonyl (C=O) groups excluding carboxylic acids is 3. The molecule has 0 radical (unpaired) electrons. The van der Waals surface area contributed by atoms with Crippen molar-refractivity contribution in [3.05, 3.63) is 24.3 Å². The lowest BCUT2D eigenvalue weighted by Crippen LogP contribution is -2.41. The molecule has 4 nitrogen and oxygen atoms in total. The van der Waals surface area contributed by atoms with E-state index < -0.39 is 0 Å². The summed E-state index contributed by atoms with van der Waals surface area (Å²) in [6, 6.07) is 0. The summed E-state index contributed by atoms with van der Waals surface area (Å²) in [6.45, 7) is 9.20. The van der Waals surface area contributed by atoms with Crippen molar-refractivity contribution in [3.63, 3.8) is 0 Å². The van der Waals surface area contributed by atoms with Crippen molar-refractivity contribution in [3.8, 4) is 0 Å². The number of hydrogen-bond acceptors (Lipinski definition) is 3. The second kappa shape index (κ2) is 5.57. The van der Waals surface area contributed by atoms with E-state index in [0.717, 1.165) is 0 Å². The van der Waals surface area contributed by atoms with E-state index in [-0.39, 0.29) is 23.5 Å². The maximum Gasteiger partial charge on any atom is 0.230 e. The summed E-state index contributed by atoms with van der Waals surface area (Å²) in [5.41, 5.74) is 0.897. The maximum absolute atomic E-state index is 11.7. The molecule has 0 aromatic heterocycles. The van der Waals surface area contributed by atoms with Crippen LogP contribution < -0.4 is 5.32 Å². The third-order valence-corrected chi connectivity index (χ3v) is 2.92. The third kappa shape index (κ3) is 3.37. The fraction of sp³-hybridized carbons (Fsp3) is 0.462. The summed E-state index contributed by atoms with van der Waals surface area (Å²) in [4.78, 5) is 34.2. The van der Waals surface area contributed by atoms with Crippen molar-refractivity contribution in [1.82, 2.24) is 5.32 Å². The van der Waals surface area contributed by atoms with Crippen LogP contribution in [0.5, 0.6) is 0 Å². The molecule has 2 amide bonds. The molecule has 0 spiro atoms. The summed E-state index contributed by atoms with van der Waals surface area (Å²) >= 11 is 0. The van der Waals surface area contributed by atoms with Gasteiger partial charge in [-0.2, -0.15) is 0 Å². The van der Waals surface area contributed by atoms with Gasteiger partial charge in [-0.3, -0.25) is 19.7 Å². The van der Waals surface area contributed by atoms with Crippen LogP contribution in [0.25, 0.3) is 0 Å². The molecule has 17 heavy (non-hydrogen) atoms. The van der Waals surface area contributed by atoms with Gasteiger partial charge in [0.2, 0.25) is 11.8 Å². The lowest BCUT2D eigenvalue weighted by molar-refractivity contribution is -0.136. The van der Waals surface area contributed by atoms with E-state index in [1.54, 1.807) is 0 Å². The number of rotatable bonds is 5. The SMILES string of the molecule is C=C(CC)C(=O)C(=C)CC1CCC(=O)NC1=O. The highest BCUT2D eigenvalue weighted by atomic mass is 16.2. The van der Waals surface area contributed by atoms with Gasteiger partial charge in [0.15, 0.2) is 5.78 Å². The minimum Gasteiger partial charge on any atom is -0.296 e. The van der Waals surface area contributed by atoms with Gasteiger partial charge in [0, 0.05) is 12.3 Å². The van der Waals surface area contributed by atoms with Crippen molar-refractivity contribution in [1.29, 1.82) is 0 Å². The van der Waals surface area contributed by atoms with Crippen LogP contribution in [0, 0.1) is 5.92 Å². The molecule has 1 unspecified atom stereocenters. The Morgan fingerprint density at radius 2 is 2.00 bits per heavy atom. The minimum atomic E-state index is -0.325. The van der Waals surface area contributed by atoms with E-state index in [4.69, 9.17) is 0 Å². The molecule has 0 aromatic carbocycles. The Balaban J connectivity index is 2.57. The molecule has 1 heterocycles. The predicted octanol–water partition coefficient (Wildman–Crippen LogP) is 1.52. The van der Waals surface area contributed by atoms with Gasteiger partial charge < -0.3 is 0 Å². The van der Waals surface area contributed by atoms with E-state index >= 15 is 0 Å². The summed E-state index contributed by atoms with van der Waals surface area (Å²) in [5.74, 6) is -1.05. The molecule has 1 rings (SSSR count). The van der Waals surface area contributed by atoms with Crippen LogP contribution in [0.1, 0.15) is 32.6 Å². The van der Waals surface area contributed by atoms with Crippen LogP contribution in [0.4, 0.5) is 0 Å². The molecule has 1 atom stereocenters. The van der Waals surface area contributed by atoms with Crippen molar-refractivity contribution in [2.75, 3.05) is 0 Å². The number of amides is 2. The zero-order chi connectivity index (χ0) is 13.0. The van der Waals surface area contributed by atoms with E-state index in [1.807, 2.05) is 6.92 Å². The fourth-order valence-electron chi connectivity index (χ4n) is 1.73. The van der Waals surface area contributed by atoms with Gasteiger partial charge in [0.05, 0.1) is 0 Å². The van der Waals surface area contributed by atoms with E-state index in [2.05, 4.69) is 18.5 Å². The average Bonchev–Trinajstić information content (AvgIpc) is 2.30. The molecule has 92 valence electrons. The zero-order valence-corrected chi connectivity index (χ0v) is 10.0. The summed E-state index contributed by atoms with van der Waals surface area (Å²) in [7, 11) is 0. The van der Waals surface area contributed by atoms with Gasteiger partial charge in [-0.15, -0.1) is 0 Å². The average molecular weight is 235 g/mol. The van der Waals surface area contributed by atoms with Gasteiger partial charge in [0.25, 0.3) is 0 Å². The number of allylic oxidation sites excluding steroid dienone is 2. The van der Waals surface area contributed by atoms with Crippen LogP contribution in [-0.4, -0.2) is 17.6 Å². The minimum absolute atomic E-state index is 0.169. The molecule has 0 aliphatic carbocycles. The Hall–Kier alpha value is -1.71. The Morgan fingerprint density at radius 1 is 1.35 bits per heavy atom. The Kier molecular flexibility index (Phi) is 4.37. The number of imide groups is 1. The van der Waals surface area contributed by atoms with Gasteiger partial charge in [0.1, 0.15) is 0 Å². The van der Waals surface area contributed by atoms with Gasteiger partial charge >= 0.3 is 0 Å². The standard InChI is InChI=1S/C13H17NO3/c1-4-8(2)12(16)9(3)7-10-5-6-11(15)14-13(10)17/h10H,2-7H2,1H3,(H,14,15,17). The van der Waals surface area contributed by atoms with Gasteiger partial charge in [-0.05, 0) is 30.4 Å². The zero-order valence-electron chi connectivity index (χ0n) is 10.0. The van der Waals surface area contributed by atoms with Crippen LogP contribution in [-0.2, 0) is 14.4 Å². The van der Waals surface area contributed by atoms with E-state index in [0.29, 0.717) is 36.8 Å². The second-order valence-corrected chi connectivity index (χ2v) is 4.24. The normalized spacial score (nSPS) is 19.7. The van der Waals surface area contributed by atoms with E-state index in [1.165, 1.54) is 0 Å². The highest BCUT2D eigenvalue weighted by Crippen LogP contribution is 2.22. The summed E-state index contributed by atoms with van der Waals surface area (Å²) in [5, 5.41) is 2.26. The fourth-order valence-corrected chi connectivity index (χ4v) is 1.73. The van der Waals surface area contributed by atoms with Gasteiger partial charge in [-0.1, -0.05) is 20.1 Å². The number of piperidine rings is 1. The van der Waals surface area contributed by atoms with Crippen molar-refractivity contribution < 1.29 is 14.4 Å². The molecule has 1 saturated heterocycles. The molecule has 0 saturated carbocycles. The molecule has 1 N–H and O–H groups in total. The van der Waals surface area contributed by atoms with E-state index in [9.17, 15) is 14.4 Å². The second-order valence-electron chi connectivity index (χ2n) is 4.24. The number of carbonyl (C=O) groups is 3. The number of hydrogen-bond donors (Lipinski definition) is 1. The molecule has 1 fully saturated rings. The number of ketones is 1. The highest BCUT2D eigenvalue weighted by Gasteiger charge is 2.28. The molecular weight excluding hydrogens is 218 g/mol. The third-order valence-electron chi connectivity index (χ3n) is 2.92. The topological polar surface area (TPSA) is 63.2 Å². The Morgan fingerprint density at radius 3 is 2.53 bits per heavy atom. The lowest BCUT2D eigenvalue weighted by Gasteiger charge is -2.21. The summed E-state index contributed by atoms with van der Waals surface area (Å²) < 4.78 is 0. The first kappa shape index (κ1) is 13.4. The maximum atomic E-state index is 11.7. The molecule has 1 aliphatic rings. The first-order chi connectivity index (χ1) is 7.95. The molecule has 4 heteroatoms. The first-order valence-corrected chi connectivity index (χ1v) is 5.69. The van der Waals surface area contributed by atoms with Crippen molar-refractivity contribution in [2.45, 2.75) is 32.6 Å². The van der Waals surface area contributed by atoms with Crippen LogP contribution >= 0.6 is 0 Å². The van der Waals surface area contributed by atoms with Crippen molar-refractivity contribution in [2.24, 2.45) is 5.92 Å². The van der Waals surface area contributed by atoms with Crippen LogP contribution in [0.15, 0.2) is 24.3 Å². The smallest absolute Gasteiger partial charge is 0.230 e. The number of Topliss-reactive ketones (excluding diaryl/α,β-unsaturated/α-hetero) is 1. The molecule has 1 aliphatic heterocycles. The molecule has 0 bridgehead atoms. The Bertz CT molecular complexity index is 395. The van der Waals surface area contributed by atoms with Crippen LogP contribution in [0.3, 0.4) is 0 Å². The van der Waals surface area contributed by atoms with Crippen molar-refractivity contribution >= 4 is 17.6 Å². The highest BCUT2D eigenvalue weighted by molar-refractivity contribution is 6.08. The largest absolute Gasteiger partial charge is 0.296 e. The monoisotopic (exact) mass is 235 g/mol. The predicted molar refractivity (Wildman–Crippen MR) is 64.1 cm³/mol.